The summed E-state index contributed by atoms with van der Waals surface area (Å²) in [5.41, 5.74) is 0.108. The number of carbonyl (C=O) groups excluding carboxylic acids is 1. The zero-order valence-electron chi connectivity index (χ0n) is 12.7. The van der Waals surface area contributed by atoms with E-state index in [0.29, 0.717) is 31.0 Å². The van der Waals surface area contributed by atoms with Crippen LogP contribution in [0.1, 0.15) is 32.6 Å². The second kappa shape index (κ2) is 8.22. The van der Waals surface area contributed by atoms with Crippen molar-refractivity contribution in [2.75, 3.05) is 13.2 Å². The van der Waals surface area contributed by atoms with Gasteiger partial charge in [0.15, 0.2) is 0 Å². The van der Waals surface area contributed by atoms with Crippen LogP contribution in [0.15, 0.2) is 39.5 Å². The van der Waals surface area contributed by atoms with Crippen molar-refractivity contribution in [1.82, 2.24) is 0 Å². The van der Waals surface area contributed by atoms with Crippen molar-refractivity contribution in [2.24, 2.45) is 0 Å². The van der Waals surface area contributed by atoms with Gasteiger partial charge in [-0.2, -0.15) is 0 Å². The van der Waals surface area contributed by atoms with Gasteiger partial charge in [0.2, 0.25) is 0 Å². The van der Waals surface area contributed by atoms with Crippen LogP contribution in [-0.4, -0.2) is 19.2 Å². The van der Waals surface area contributed by atoms with Crippen LogP contribution in [-0.2, 0) is 9.53 Å². The molecule has 0 atom stereocenters. The second-order valence-electron chi connectivity index (χ2n) is 4.91. The minimum Gasteiger partial charge on any atom is -0.493 e. The van der Waals surface area contributed by atoms with Crippen LogP contribution in [0.3, 0.4) is 0 Å². The van der Waals surface area contributed by atoms with Crippen molar-refractivity contribution in [1.29, 1.82) is 0 Å². The lowest BCUT2D eigenvalue weighted by atomic mass is 10.2. The van der Waals surface area contributed by atoms with Gasteiger partial charge >= 0.3 is 11.6 Å². The Kier molecular flexibility index (Phi) is 6.01. The summed E-state index contributed by atoms with van der Waals surface area (Å²) in [6.45, 7) is 2.73. The zero-order valence-corrected chi connectivity index (χ0v) is 12.7. The van der Waals surface area contributed by atoms with Crippen molar-refractivity contribution in [3.05, 3.63) is 40.8 Å². The zero-order chi connectivity index (χ0) is 15.8. The number of unbranched alkanes of at least 4 members (excludes halogenated alkanes) is 2. The van der Waals surface area contributed by atoms with E-state index < -0.39 is 5.63 Å². The fraction of sp³-hybridized carbons (Fsp3) is 0.412. The summed E-state index contributed by atoms with van der Waals surface area (Å²) in [5.74, 6) is 0.378. The highest BCUT2D eigenvalue weighted by Crippen LogP contribution is 2.23. The summed E-state index contributed by atoms with van der Waals surface area (Å²) < 4.78 is 15.8. The average Bonchev–Trinajstić information content (AvgIpc) is 2.53. The third-order valence-corrected chi connectivity index (χ3v) is 3.21. The molecule has 2 aromatic rings. The Morgan fingerprint density at radius 3 is 2.73 bits per heavy atom. The highest BCUT2D eigenvalue weighted by Gasteiger charge is 2.05. The van der Waals surface area contributed by atoms with Crippen molar-refractivity contribution < 1.29 is 18.7 Å². The van der Waals surface area contributed by atoms with E-state index in [1.54, 1.807) is 13.0 Å². The third-order valence-electron chi connectivity index (χ3n) is 3.21. The van der Waals surface area contributed by atoms with Crippen LogP contribution < -0.4 is 10.4 Å². The Bertz CT molecular complexity index is 674. The molecule has 2 rings (SSSR count). The minimum absolute atomic E-state index is 0.168. The lowest BCUT2D eigenvalue weighted by molar-refractivity contribution is -0.143. The Balaban J connectivity index is 1.78. The molecule has 1 aromatic heterocycles. The molecule has 1 heterocycles. The molecule has 0 aliphatic carbocycles. The predicted molar refractivity (Wildman–Crippen MR) is 83.1 cm³/mol. The average molecular weight is 304 g/mol. The largest absolute Gasteiger partial charge is 0.493 e. The first-order valence-corrected chi connectivity index (χ1v) is 7.52. The normalized spacial score (nSPS) is 10.6. The van der Waals surface area contributed by atoms with Crippen molar-refractivity contribution >= 4 is 16.9 Å². The summed E-state index contributed by atoms with van der Waals surface area (Å²) in [4.78, 5) is 22.4. The van der Waals surface area contributed by atoms with Crippen molar-refractivity contribution in [3.8, 4) is 5.75 Å². The predicted octanol–water partition coefficient (Wildman–Crippen LogP) is 3.30. The Morgan fingerprint density at radius 1 is 1.14 bits per heavy atom. The van der Waals surface area contributed by atoms with Crippen LogP contribution in [0.4, 0.5) is 0 Å². The molecule has 1 aromatic carbocycles. The Hall–Kier alpha value is -2.30. The minimum atomic E-state index is -0.417. The fourth-order valence-corrected chi connectivity index (χ4v) is 2.05. The van der Waals surface area contributed by atoms with Gasteiger partial charge in [-0.3, -0.25) is 4.79 Å². The molecular weight excluding hydrogens is 284 g/mol. The standard InChI is InChI=1S/C17H20O5/c1-2-16(18)21-11-7-3-6-10-20-15-12-17(19)22-14-9-5-4-8-13(14)15/h4-5,8-9,12H,2-3,6-7,10-11H2,1H3. The number of hydrogen-bond donors (Lipinski definition) is 0. The molecule has 0 unspecified atom stereocenters. The molecular formula is C17H20O5. The second-order valence-corrected chi connectivity index (χ2v) is 4.91. The molecule has 22 heavy (non-hydrogen) atoms. The third kappa shape index (κ3) is 4.62. The SMILES string of the molecule is CCC(=O)OCCCCCOc1cc(=O)oc2ccccc12. The molecule has 0 radical (unpaired) electrons. The highest BCUT2D eigenvalue weighted by atomic mass is 16.5. The number of hydrogen-bond acceptors (Lipinski definition) is 5. The summed E-state index contributed by atoms with van der Waals surface area (Å²) in [6, 6.07) is 8.65. The summed E-state index contributed by atoms with van der Waals surface area (Å²) >= 11 is 0. The van der Waals surface area contributed by atoms with Crippen molar-refractivity contribution in [2.45, 2.75) is 32.6 Å². The van der Waals surface area contributed by atoms with E-state index in [4.69, 9.17) is 13.9 Å². The molecule has 0 N–H and O–H groups in total. The van der Waals surface area contributed by atoms with Crippen LogP contribution in [0, 0.1) is 0 Å². The van der Waals surface area contributed by atoms with E-state index >= 15 is 0 Å². The van der Waals surface area contributed by atoms with E-state index in [2.05, 4.69) is 0 Å². The van der Waals surface area contributed by atoms with E-state index in [9.17, 15) is 9.59 Å². The first-order chi connectivity index (χ1) is 10.7. The maximum atomic E-state index is 11.5. The van der Waals surface area contributed by atoms with Crippen molar-refractivity contribution in [3.63, 3.8) is 0 Å². The molecule has 0 saturated carbocycles. The number of para-hydroxylation sites is 1. The first kappa shape index (κ1) is 16.1. The van der Waals surface area contributed by atoms with Gasteiger partial charge in [0.25, 0.3) is 0 Å². The van der Waals surface area contributed by atoms with Crippen LogP contribution in [0.2, 0.25) is 0 Å². The molecule has 0 spiro atoms. The molecule has 118 valence electrons. The number of rotatable bonds is 8. The number of esters is 1. The maximum absolute atomic E-state index is 11.5. The summed E-state index contributed by atoms with van der Waals surface area (Å²) in [5, 5.41) is 0.791. The van der Waals surface area contributed by atoms with Gasteiger partial charge in [0.05, 0.1) is 24.7 Å². The van der Waals surface area contributed by atoms with Gasteiger partial charge in [-0.25, -0.2) is 4.79 Å². The maximum Gasteiger partial charge on any atom is 0.339 e. The first-order valence-electron chi connectivity index (χ1n) is 7.52. The monoisotopic (exact) mass is 304 g/mol. The van der Waals surface area contributed by atoms with Gasteiger partial charge in [0, 0.05) is 6.42 Å². The quantitative estimate of drug-likeness (QED) is 0.425. The molecule has 5 heteroatoms. The smallest absolute Gasteiger partial charge is 0.339 e. The Morgan fingerprint density at radius 2 is 1.91 bits per heavy atom. The van der Waals surface area contributed by atoms with E-state index in [1.165, 1.54) is 6.07 Å². The molecule has 0 amide bonds. The fourth-order valence-electron chi connectivity index (χ4n) is 2.05. The molecule has 0 saturated heterocycles. The topological polar surface area (TPSA) is 65.7 Å². The number of ether oxygens (including phenoxy) is 2. The molecule has 5 nitrogen and oxygen atoms in total. The number of carbonyl (C=O) groups is 1. The van der Waals surface area contributed by atoms with Gasteiger partial charge in [-0.15, -0.1) is 0 Å². The lowest BCUT2D eigenvalue weighted by Crippen LogP contribution is -2.05. The highest BCUT2D eigenvalue weighted by molar-refractivity contribution is 5.82. The van der Waals surface area contributed by atoms with Gasteiger partial charge < -0.3 is 13.9 Å². The molecule has 0 bridgehead atoms. The van der Waals surface area contributed by atoms with E-state index in [0.717, 1.165) is 24.6 Å². The van der Waals surface area contributed by atoms with Crippen LogP contribution in [0.5, 0.6) is 5.75 Å². The van der Waals surface area contributed by atoms with E-state index in [1.807, 2.05) is 18.2 Å². The molecule has 0 aliphatic rings. The van der Waals surface area contributed by atoms with Gasteiger partial charge in [-0.1, -0.05) is 19.1 Å². The molecule has 0 aliphatic heterocycles. The van der Waals surface area contributed by atoms with Gasteiger partial charge in [-0.05, 0) is 31.4 Å². The molecule has 0 fully saturated rings. The van der Waals surface area contributed by atoms with Gasteiger partial charge in [0.1, 0.15) is 11.3 Å². The summed E-state index contributed by atoms with van der Waals surface area (Å²) in [6.07, 6.45) is 2.95. The Labute approximate surface area is 128 Å². The van der Waals surface area contributed by atoms with Crippen LogP contribution >= 0.6 is 0 Å². The number of fused-ring (bicyclic) bond motifs is 1. The number of benzene rings is 1. The van der Waals surface area contributed by atoms with Crippen LogP contribution in [0.25, 0.3) is 11.0 Å². The summed E-state index contributed by atoms with van der Waals surface area (Å²) in [7, 11) is 0. The van der Waals surface area contributed by atoms with E-state index in [-0.39, 0.29) is 5.97 Å². The lowest BCUT2D eigenvalue weighted by Gasteiger charge is -2.08.